The number of fused-ring (bicyclic) bond motifs is 4. The van der Waals surface area contributed by atoms with Gasteiger partial charge in [-0.05, 0) is 66.8 Å². The largest absolute Gasteiger partial charge is 0.296 e. The number of nitrogens with zero attached hydrogens (tertiary/aromatic N) is 4. The van der Waals surface area contributed by atoms with Gasteiger partial charge in [-0.2, -0.15) is 8.42 Å². The van der Waals surface area contributed by atoms with Crippen LogP contribution in [-0.4, -0.2) is 35.8 Å². The molecule has 28 heavy (non-hydrogen) atoms. The van der Waals surface area contributed by atoms with Crippen molar-refractivity contribution in [3.8, 4) is 0 Å². The Bertz CT molecular complexity index is 1300. The number of hydrogen-bond acceptors (Lipinski definition) is 6. The van der Waals surface area contributed by atoms with Gasteiger partial charge in [-0.15, -0.1) is 0 Å². The summed E-state index contributed by atoms with van der Waals surface area (Å²) < 4.78 is 33.1. The van der Waals surface area contributed by atoms with Crippen LogP contribution in [-0.2, 0) is 10.1 Å². The summed E-state index contributed by atoms with van der Waals surface area (Å²) in [4.78, 5) is 17.5. The minimum absolute atomic E-state index is 0.123. The van der Waals surface area contributed by atoms with E-state index in [0.29, 0.717) is 22.8 Å². The van der Waals surface area contributed by atoms with E-state index in [1.807, 2.05) is 30.4 Å². The van der Waals surface area contributed by atoms with Gasteiger partial charge in [0.15, 0.2) is 0 Å². The minimum Gasteiger partial charge on any atom is -0.282 e. The Balaban J connectivity index is 1.69. The van der Waals surface area contributed by atoms with Gasteiger partial charge >= 0.3 is 0 Å². The van der Waals surface area contributed by atoms with Gasteiger partial charge in [0.1, 0.15) is 4.91 Å². The Hall–Kier alpha value is -3.49. The molecule has 0 aromatic rings. The van der Waals surface area contributed by atoms with Gasteiger partial charge in [-0.25, -0.2) is 20.0 Å². The summed E-state index contributed by atoms with van der Waals surface area (Å²) in [5.74, 6) is 0. The van der Waals surface area contributed by atoms with Crippen LogP contribution in [0.25, 0.3) is 0 Å². The van der Waals surface area contributed by atoms with Crippen molar-refractivity contribution in [1.82, 2.24) is 0 Å². The van der Waals surface area contributed by atoms with Crippen LogP contribution in [0.2, 0.25) is 0 Å². The smallest absolute Gasteiger partial charge is 0.282 e. The van der Waals surface area contributed by atoms with Gasteiger partial charge in [-0.3, -0.25) is 4.55 Å². The predicted octanol–water partition coefficient (Wildman–Crippen LogP) is 2.79. The molecule has 5 aliphatic heterocycles. The highest BCUT2D eigenvalue weighted by atomic mass is 32.2. The third kappa shape index (κ3) is 3.15. The minimum atomic E-state index is -4.43. The van der Waals surface area contributed by atoms with Crippen LogP contribution < -0.4 is 0 Å². The lowest BCUT2D eigenvalue weighted by atomic mass is 10.2. The van der Waals surface area contributed by atoms with Crippen molar-refractivity contribution in [1.29, 1.82) is 0 Å². The average molecular weight is 388 g/mol. The van der Waals surface area contributed by atoms with E-state index in [1.165, 1.54) is 12.2 Å². The van der Waals surface area contributed by atoms with Crippen molar-refractivity contribution >= 4 is 33.0 Å². The van der Waals surface area contributed by atoms with Gasteiger partial charge in [0.05, 0.1) is 45.6 Å². The van der Waals surface area contributed by atoms with Gasteiger partial charge in [-0.1, -0.05) is 0 Å². The maximum atomic E-state index is 11.8. The van der Waals surface area contributed by atoms with E-state index in [4.69, 9.17) is 0 Å². The van der Waals surface area contributed by atoms with Crippen LogP contribution in [0.15, 0.2) is 114 Å². The molecular weight excluding hydrogens is 376 g/mol. The Morgan fingerprint density at radius 3 is 1.54 bits per heavy atom. The van der Waals surface area contributed by atoms with Gasteiger partial charge in [0.2, 0.25) is 0 Å². The molecule has 0 saturated carbocycles. The second-order valence-corrected chi connectivity index (χ2v) is 7.76. The monoisotopic (exact) mass is 388 g/mol. The van der Waals surface area contributed by atoms with E-state index in [-0.39, 0.29) is 10.6 Å². The first-order valence-corrected chi connectivity index (χ1v) is 9.82. The van der Waals surface area contributed by atoms with E-state index < -0.39 is 10.1 Å². The summed E-state index contributed by atoms with van der Waals surface area (Å²) in [5, 5.41) is 0. The number of rotatable bonds is 1. The van der Waals surface area contributed by atoms with E-state index in [9.17, 15) is 13.0 Å². The molecule has 5 rings (SSSR count). The molecule has 0 unspecified atom stereocenters. The molecule has 8 bridgehead atoms. The predicted molar refractivity (Wildman–Crippen MR) is 109 cm³/mol. The Kier molecular flexibility index (Phi) is 3.58. The molecule has 0 radical (unpaired) electrons. The first-order valence-electron chi connectivity index (χ1n) is 8.38. The Morgan fingerprint density at radius 1 is 0.571 bits per heavy atom. The van der Waals surface area contributed by atoms with Crippen LogP contribution in [0.5, 0.6) is 0 Å². The lowest BCUT2D eigenvalue weighted by molar-refractivity contribution is 0.492. The molecule has 0 saturated heterocycles. The second kappa shape index (κ2) is 6.01. The number of allylic oxidation sites excluding steroid dienone is 11. The van der Waals surface area contributed by atoms with E-state index in [2.05, 4.69) is 20.0 Å². The molecular formula is C20H12N4O3S. The highest BCUT2D eigenvalue weighted by molar-refractivity contribution is 7.90. The fraction of sp³-hybridized carbons (Fsp3) is 0. The maximum Gasteiger partial charge on any atom is 0.296 e. The van der Waals surface area contributed by atoms with Gasteiger partial charge < -0.3 is 0 Å². The lowest BCUT2D eigenvalue weighted by Crippen LogP contribution is -2.02. The van der Waals surface area contributed by atoms with Crippen molar-refractivity contribution in [2.75, 3.05) is 0 Å². The summed E-state index contributed by atoms with van der Waals surface area (Å²) in [6, 6.07) is 0. The molecule has 0 amide bonds. The molecule has 0 aromatic heterocycles. The van der Waals surface area contributed by atoms with Crippen molar-refractivity contribution < 1.29 is 13.0 Å². The van der Waals surface area contributed by atoms with E-state index in [1.54, 1.807) is 24.3 Å². The van der Waals surface area contributed by atoms with Crippen molar-refractivity contribution in [3.05, 3.63) is 94.5 Å². The SMILES string of the molecule is O=S(=O)(O)C1=CC2=NC1=CC1=NC(=CC3=NC(=CC4=NC(=C2)C=C4)C=C3)C=C1. The quantitative estimate of drug-likeness (QED) is 0.699. The van der Waals surface area contributed by atoms with Crippen LogP contribution >= 0.6 is 0 Å². The van der Waals surface area contributed by atoms with Crippen molar-refractivity contribution in [2.45, 2.75) is 0 Å². The van der Waals surface area contributed by atoms with Crippen molar-refractivity contribution in [3.63, 3.8) is 0 Å². The molecule has 1 N–H and O–H groups in total. The molecule has 0 atom stereocenters. The van der Waals surface area contributed by atoms with Crippen LogP contribution in [0.4, 0.5) is 0 Å². The first kappa shape index (κ1) is 16.7. The zero-order chi connectivity index (χ0) is 19.3. The van der Waals surface area contributed by atoms with E-state index >= 15 is 0 Å². The molecule has 7 nitrogen and oxygen atoms in total. The maximum absolute atomic E-state index is 11.8. The highest BCUT2D eigenvalue weighted by Gasteiger charge is 2.25. The molecule has 8 heteroatoms. The molecule has 5 aliphatic rings. The second-order valence-electron chi connectivity index (χ2n) is 6.37. The highest BCUT2D eigenvalue weighted by Crippen LogP contribution is 2.27. The third-order valence-electron chi connectivity index (χ3n) is 4.28. The number of aliphatic imine (C=N–C) groups is 4. The fourth-order valence-electron chi connectivity index (χ4n) is 3.08. The molecule has 5 heterocycles. The molecule has 136 valence electrons. The number of hydrogen-bond donors (Lipinski definition) is 1. The third-order valence-corrected chi connectivity index (χ3v) is 5.16. The van der Waals surface area contributed by atoms with E-state index in [0.717, 1.165) is 17.1 Å². The molecule has 0 fully saturated rings. The fourth-order valence-corrected chi connectivity index (χ4v) is 3.72. The summed E-state index contributed by atoms with van der Waals surface area (Å²) in [5.41, 5.74) is 4.60. The zero-order valence-corrected chi connectivity index (χ0v) is 15.1. The Labute approximate surface area is 160 Å². The Morgan fingerprint density at radius 2 is 1.04 bits per heavy atom. The molecule has 0 aromatic carbocycles. The topological polar surface area (TPSA) is 104 Å². The average Bonchev–Trinajstić information content (AvgIpc) is 3.38. The standard InChI is InChI=1S/C20H12N4O3S/c25-28(26,27)20-11-18-9-16-4-3-14(22-16)7-12-1-2-13(21-12)8-15-5-6-17(23-15)10-19(20)24-18/h1-11H,(H,25,26,27). The summed E-state index contributed by atoms with van der Waals surface area (Å²) in [6.07, 6.45) is 19.1. The zero-order valence-electron chi connectivity index (χ0n) is 14.3. The summed E-state index contributed by atoms with van der Waals surface area (Å²) in [6.45, 7) is 0. The normalized spacial score (nSPS) is 22.1. The summed E-state index contributed by atoms with van der Waals surface area (Å²) >= 11 is 0. The van der Waals surface area contributed by atoms with Crippen LogP contribution in [0.1, 0.15) is 0 Å². The molecule has 0 aliphatic carbocycles. The van der Waals surface area contributed by atoms with Crippen molar-refractivity contribution in [2.24, 2.45) is 20.0 Å². The lowest BCUT2D eigenvalue weighted by Gasteiger charge is -1.99. The van der Waals surface area contributed by atoms with Crippen LogP contribution in [0, 0.1) is 0 Å². The first-order chi connectivity index (χ1) is 13.4. The molecule has 0 spiro atoms. The summed E-state index contributed by atoms with van der Waals surface area (Å²) in [7, 11) is -4.43. The van der Waals surface area contributed by atoms with Gasteiger partial charge in [0, 0.05) is 0 Å². The van der Waals surface area contributed by atoms with Crippen LogP contribution in [0.3, 0.4) is 0 Å². The van der Waals surface area contributed by atoms with Gasteiger partial charge in [0.25, 0.3) is 10.1 Å².